The van der Waals surface area contributed by atoms with Gasteiger partial charge >= 0.3 is 12.1 Å². The normalized spacial score (nSPS) is 12.2. The number of benzene rings is 2. The zero-order valence-electron chi connectivity index (χ0n) is 15.4. The van der Waals surface area contributed by atoms with Crippen LogP contribution in [0.15, 0.2) is 48.5 Å². The molecule has 0 aliphatic carbocycles. The molecule has 2 rings (SSSR count). The molecule has 0 saturated heterocycles. The number of hydrogen-bond donors (Lipinski definition) is 1. The number of halogens is 3. The van der Waals surface area contributed by atoms with Crippen molar-refractivity contribution in [3.8, 4) is 5.75 Å². The van der Waals surface area contributed by atoms with Gasteiger partial charge in [0.05, 0.1) is 11.7 Å². The second-order valence-electron chi connectivity index (χ2n) is 6.05. The van der Waals surface area contributed by atoms with E-state index in [-0.39, 0.29) is 24.0 Å². The Balaban J connectivity index is 1.94. The highest BCUT2D eigenvalue weighted by atomic mass is 19.4. The number of carbonyl (C=O) groups is 2. The molecule has 0 aliphatic heterocycles. The van der Waals surface area contributed by atoms with Crippen LogP contribution >= 0.6 is 0 Å². The SMILES string of the molecule is CC[C@H](C)OC(=O)COc1ccc(C(=O)Nc2cccc(C(F)(F)F)c2)cc1. The molecule has 5 nitrogen and oxygen atoms in total. The summed E-state index contributed by atoms with van der Waals surface area (Å²) in [6.45, 7) is 3.40. The number of esters is 1. The van der Waals surface area contributed by atoms with Gasteiger partial charge in [-0.15, -0.1) is 0 Å². The number of alkyl halides is 3. The first-order valence-electron chi connectivity index (χ1n) is 8.60. The van der Waals surface area contributed by atoms with Gasteiger partial charge in [0.15, 0.2) is 6.61 Å². The number of carbonyl (C=O) groups excluding carboxylic acids is 2. The molecule has 28 heavy (non-hydrogen) atoms. The summed E-state index contributed by atoms with van der Waals surface area (Å²) < 4.78 is 48.6. The van der Waals surface area contributed by atoms with E-state index in [1.165, 1.54) is 36.4 Å². The first kappa shape index (κ1) is 21.3. The lowest BCUT2D eigenvalue weighted by Crippen LogP contribution is -2.20. The van der Waals surface area contributed by atoms with Crippen LogP contribution in [0.5, 0.6) is 5.75 Å². The van der Waals surface area contributed by atoms with Gasteiger partial charge in [0.1, 0.15) is 5.75 Å². The van der Waals surface area contributed by atoms with Crippen molar-refractivity contribution < 1.29 is 32.2 Å². The summed E-state index contributed by atoms with van der Waals surface area (Å²) in [5, 5.41) is 2.41. The molecule has 1 amide bonds. The van der Waals surface area contributed by atoms with Crippen molar-refractivity contribution in [1.29, 1.82) is 0 Å². The van der Waals surface area contributed by atoms with E-state index in [9.17, 15) is 22.8 Å². The second kappa shape index (κ2) is 9.25. The smallest absolute Gasteiger partial charge is 0.416 e. The minimum absolute atomic E-state index is 0.0351. The average molecular weight is 395 g/mol. The Kier molecular flexibility index (Phi) is 7.03. The maximum Gasteiger partial charge on any atom is 0.416 e. The molecule has 1 N–H and O–H groups in total. The number of amides is 1. The molecule has 0 fully saturated rings. The van der Waals surface area contributed by atoms with Crippen LogP contribution in [0.3, 0.4) is 0 Å². The van der Waals surface area contributed by atoms with Gasteiger partial charge in [-0.3, -0.25) is 4.79 Å². The topological polar surface area (TPSA) is 64.6 Å². The Bertz CT molecular complexity index is 819. The van der Waals surface area contributed by atoms with Crippen molar-refractivity contribution >= 4 is 17.6 Å². The zero-order valence-corrected chi connectivity index (χ0v) is 15.4. The van der Waals surface area contributed by atoms with Crippen LogP contribution in [0.1, 0.15) is 36.2 Å². The lowest BCUT2D eigenvalue weighted by atomic mass is 10.1. The maximum atomic E-state index is 12.7. The van der Waals surface area contributed by atoms with Crippen LogP contribution in [-0.2, 0) is 15.7 Å². The van der Waals surface area contributed by atoms with E-state index in [1.54, 1.807) is 6.92 Å². The summed E-state index contributed by atoms with van der Waals surface area (Å²) in [6.07, 6.45) is -3.99. The number of ether oxygens (including phenoxy) is 2. The van der Waals surface area contributed by atoms with Gasteiger partial charge in [-0.2, -0.15) is 13.2 Å². The fraction of sp³-hybridized carbons (Fsp3) is 0.300. The molecule has 0 heterocycles. The number of hydrogen-bond acceptors (Lipinski definition) is 4. The van der Waals surface area contributed by atoms with Crippen molar-refractivity contribution in [2.24, 2.45) is 0 Å². The molecule has 2 aromatic rings. The summed E-state index contributed by atoms with van der Waals surface area (Å²) >= 11 is 0. The fourth-order valence-electron chi connectivity index (χ4n) is 2.16. The second-order valence-corrected chi connectivity index (χ2v) is 6.05. The van der Waals surface area contributed by atoms with E-state index in [0.29, 0.717) is 12.2 Å². The molecule has 2 aromatic carbocycles. The van der Waals surface area contributed by atoms with E-state index in [2.05, 4.69) is 5.32 Å². The maximum absolute atomic E-state index is 12.7. The summed E-state index contributed by atoms with van der Waals surface area (Å²) in [6, 6.07) is 10.2. The Morgan fingerprint density at radius 1 is 1.11 bits per heavy atom. The van der Waals surface area contributed by atoms with Gasteiger partial charge in [-0.25, -0.2) is 4.79 Å². The van der Waals surface area contributed by atoms with E-state index >= 15 is 0 Å². The molecule has 0 aliphatic rings. The third-order valence-corrected chi connectivity index (χ3v) is 3.83. The zero-order chi connectivity index (χ0) is 20.7. The summed E-state index contributed by atoms with van der Waals surface area (Å²) in [5.74, 6) is -0.709. The highest BCUT2D eigenvalue weighted by molar-refractivity contribution is 6.04. The Morgan fingerprint density at radius 2 is 1.79 bits per heavy atom. The molecule has 0 aromatic heterocycles. The van der Waals surface area contributed by atoms with Gasteiger partial charge in [0, 0.05) is 11.3 Å². The Labute approximate surface area is 160 Å². The lowest BCUT2D eigenvalue weighted by Gasteiger charge is -2.12. The van der Waals surface area contributed by atoms with Crippen molar-refractivity contribution in [2.75, 3.05) is 11.9 Å². The van der Waals surface area contributed by atoms with E-state index in [1.807, 2.05) is 6.92 Å². The van der Waals surface area contributed by atoms with Crippen molar-refractivity contribution in [1.82, 2.24) is 0 Å². The molecule has 8 heteroatoms. The molecule has 0 spiro atoms. The summed E-state index contributed by atoms with van der Waals surface area (Å²) in [7, 11) is 0. The van der Waals surface area contributed by atoms with Crippen molar-refractivity contribution in [3.05, 3.63) is 59.7 Å². The van der Waals surface area contributed by atoms with Crippen molar-refractivity contribution in [3.63, 3.8) is 0 Å². The minimum atomic E-state index is -4.49. The van der Waals surface area contributed by atoms with Crippen LogP contribution in [0, 0.1) is 0 Å². The molecule has 0 radical (unpaired) electrons. The fourth-order valence-corrected chi connectivity index (χ4v) is 2.16. The highest BCUT2D eigenvalue weighted by Gasteiger charge is 2.30. The van der Waals surface area contributed by atoms with E-state index in [4.69, 9.17) is 9.47 Å². The van der Waals surface area contributed by atoms with Gasteiger partial charge in [0.2, 0.25) is 0 Å². The molecular formula is C20H20F3NO4. The lowest BCUT2D eigenvalue weighted by molar-refractivity contribution is -0.150. The highest BCUT2D eigenvalue weighted by Crippen LogP contribution is 2.30. The first-order valence-corrected chi connectivity index (χ1v) is 8.60. The minimum Gasteiger partial charge on any atom is -0.482 e. The Hall–Kier alpha value is -3.03. The third kappa shape index (κ3) is 6.29. The third-order valence-electron chi connectivity index (χ3n) is 3.83. The Morgan fingerprint density at radius 3 is 2.39 bits per heavy atom. The molecule has 150 valence electrons. The molecule has 0 bridgehead atoms. The monoisotopic (exact) mass is 395 g/mol. The molecule has 0 saturated carbocycles. The summed E-state index contributed by atoms with van der Waals surface area (Å²) in [4.78, 5) is 23.8. The van der Waals surface area contributed by atoms with Crippen LogP contribution in [0.25, 0.3) is 0 Å². The van der Waals surface area contributed by atoms with Crippen molar-refractivity contribution in [2.45, 2.75) is 32.5 Å². The van der Waals surface area contributed by atoms with E-state index < -0.39 is 23.6 Å². The van der Waals surface area contributed by atoms with Crippen LogP contribution in [0.2, 0.25) is 0 Å². The van der Waals surface area contributed by atoms with Gasteiger partial charge in [0.25, 0.3) is 5.91 Å². The number of nitrogens with one attached hydrogen (secondary N) is 1. The average Bonchev–Trinajstić information content (AvgIpc) is 2.66. The number of anilines is 1. The number of rotatable bonds is 7. The van der Waals surface area contributed by atoms with Crippen LogP contribution in [0.4, 0.5) is 18.9 Å². The van der Waals surface area contributed by atoms with E-state index in [0.717, 1.165) is 12.1 Å². The first-order chi connectivity index (χ1) is 13.2. The van der Waals surface area contributed by atoms with Crippen LogP contribution < -0.4 is 10.1 Å². The van der Waals surface area contributed by atoms with Gasteiger partial charge < -0.3 is 14.8 Å². The van der Waals surface area contributed by atoms with Gasteiger partial charge in [-0.05, 0) is 55.8 Å². The van der Waals surface area contributed by atoms with Gasteiger partial charge in [-0.1, -0.05) is 13.0 Å². The largest absolute Gasteiger partial charge is 0.482 e. The standard InChI is InChI=1S/C20H20F3NO4/c1-3-13(2)28-18(25)12-27-17-9-7-14(8-10-17)19(26)24-16-6-4-5-15(11-16)20(21,22)23/h4-11,13H,3,12H2,1-2H3,(H,24,26)/t13-/m0/s1. The molecular weight excluding hydrogens is 375 g/mol. The summed E-state index contributed by atoms with van der Waals surface area (Å²) in [5.41, 5.74) is -0.585. The quantitative estimate of drug-likeness (QED) is 0.692. The van der Waals surface area contributed by atoms with Crippen LogP contribution in [-0.4, -0.2) is 24.6 Å². The molecule has 1 atom stereocenters. The predicted molar refractivity (Wildman–Crippen MR) is 97.2 cm³/mol. The predicted octanol–water partition coefficient (Wildman–Crippen LogP) is 4.68. The molecule has 0 unspecified atom stereocenters.